The van der Waals surface area contributed by atoms with Crippen molar-refractivity contribution >= 4 is 28.9 Å². The van der Waals surface area contributed by atoms with E-state index in [1.165, 1.54) is 17.5 Å². The molecule has 0 aliphatic carbocycles. The molecule has 0 fully saturated rings. The molecule has 1 N–H and O–H groups in total. The topological polar surface area (TPSA) is 59.4 Å². The van der Waals surface area contributed by atoms with Gasteiger partial charge in [0.25, 0.3) is 0 Å². The van der Waals surface area contributed by atoms with Crippen LogP contribution in [0.2, 0.25) is 5.02 Å². The summed E-state index contributed by atoms with van der Waals surface area (Å²) >= 11 is 7.02. The fraction of sp³-hybridized carbons (Fsp3) is 0.167. The molecule has 0 atom stereocenters. The highest BCUT2D eigenvalue weighted by Gasteiger charge is 2.11. The summed E-state index contributed by atoms with van der Waals surface area (Å²) in [7, 11) is 0. The van der Waals surface area contributed by atoms with Gasteiger partial charge in [-0.15, -0.1) is 11.3 Å². The van der Waals surface area contributed by atoms with Crippen molar-refractivity contribution in [2.45, 2.75) is 13.5 Å². The Morgan fingerprint density at radius 1 is 1.50 bits per heavy atom. The zero-order valence-corrected chi connectivity index (χ0v) is 11.1. The van der Waals surface area contributed by atoms with E-state index >= 15 is 0 Å². The van der Waals surface area contributed by atoms with Crippen molar-refractivity contribution in [2.75, 3.05) is 0 Å². The van der Waals surface area contributed by atoms with Crippen molar-refractivity contribution in [3.8, 4) is 5.75 Å². The number of thiophene rings is 1. The average Bonchev–Trinajstić information content (AvgIpc) is 2.68. The molecule has 0 saturated heterocycles. The van der Waals surface area contributed by atoms with Gasteiger partial charge in [-0.1, -0.05) is 11.6 Å². The molecule has 0 aromatic carbocycles. The number of halogens is 1. The number of hydrogen-bond acceptors (Lipinski definition) is 4. The van der Waals surface area contributed by atoms with E-state index < -0.39 is 5.97 Å². The molecule has 0 amide bonds. The molecular weight excluding hydrogens is 274 g/mol. The minimum absolute atomic E-state index is 0.303. The maximum atomic E-state index is 10.8. The van der Waals surface area contributed by atoms with Crippen LogP contribution in [0.1, 0.15) is 20.1 Å². The maximum Gasteiger partial charge on any atom is 0.345 e. The standard InChI is InChI=1S/C12H10ClNO3S/c1-7-8(2-11(18-7)12(15)16)6-17-10-3-9(13)4-14-5-10/h2-5H,6H2,1H3,(H,15,16). The third kappa shape index (κ3) is 3.00. The molecule has 0 aliphatic rings. The van der Waals surface area contributed by atoms with Crippen molar-refractivity contribution in [3.63, 3.8) is 0 Å². The second-order valence-electron chi connectivity index (χ2n) is 3.62. The highest BCUT2D eigenvalue weighted by molar-refractivity contribution is 7.14. The van der Waals surface area contributed by atoms with Crippen LogP contribution in [-0.2, 0) is 6.61 Å². The summed E-state index contributed by atoms with van der Waals surface area (Å²) in [5, 5.41) is 9.39. The molecule has 4 nitrogen and oxygen atoms in total. The fourth-order valence-corrected chi connectivity index (χ4v) is 2.43. The Balaban J connectivity index is 2.08. The summed E-state index contributed by atoms with van der Waals surface area (Å²) in [6, 6.07) is 3.29. The van der Waals surface area contributed by atoms with Crippen LogP contribution in [0, 0.1) is 6.92 Å². The lowest BCUT2D eigenvalue weighted by Crippen LogP contribution is -1.96. The Morgan fingerprint density at radius 2 is 2.28 bits per heavy atom. The van der Waals surface area contributed by atoms with Gasteiger partial charge in [-0.25, -0.2) is 4.79 Å². The molecule has 0 bridgehead atoms. The Bertz CT molecular complexity index is 582. The highest BCUT2D eigenvalue weighted by Crippen LogP contribution is 2.23. The van der Waals surface area contributed by atoms with Gasteiger partial charge < -0.3 is 9.84 Å². The molecule has 2 aromatic rings. The summed E-state index contributed by atoms with van der Waals surface area (Å²) in [5.74, 6) is -0.358. The first-order chi connectivity index (χ1) is 8.56. The van der Waals surface area contributed by atoms with Gasteiger partial charge in [-0.2, -0.15) is 0 Å². The van der Waals surface area contributed by atoms with Crippen LogP contribution < -0.4 is 4.74 Å². The van der Waals surface area contributed by atoms with Crippen molar-refractivity contribution in [1.29, 1.82) is 0 Å². The van der Waals surface area contributed by atoms with E-state index in [1.54, 1.807) is 18.3 Å². The summed E-state index contributed by atoms with van der Waals surface area (Å²) in [5.41, 5.74) is 0.859. The number of carboxylic acids is 1. The smallest absolute Gasteiger partial charge is 0.345 e. The molecule has 2 aromatic heterocycles. The van der Waals surface area contributed by atoms with Crippen LogP contribution in [0.5, 0.6) is 5.75 Å². The Morgan fingerprint density at radius 3 is 2.89 bits per heavy atom. The first kappa shape index (κ1) is 12.9. The number of aromatic nitrogens is 1. The van der Waals surface area contributed by atoms with E-state index in [0.29, 0.717) is 22.3 Å². The molecular formula is C12H10ClNO3S. The second kappa shape index (κ2) is 5.37. The molecule has 0 saturated carbocycles. The van der Waals surface area contributed by atoms with E-state index in [4.69, 9.17) is 21.4 Å². The third-order valence-electron chi connectivity index (χ3n) is 2.31. The van der Waals surface area contributed by atoms with E-state index in [-0.39, 0.29) is 0 Å². The molecule has 2 heterocycles. The molecule has 0 unspecified atom stereocenters. The van der Waals surface area contributed by atoms with Crippen LogP contribution in [0.3, 0.4) is 0 Å². The minimum atomic E-state index is -0.918. The molecule has 94 valence electrons. The molecule has 0 aliphatic heterocycles. The van der Waals surface area contributed by atoms with Crippen molar-refractivity contribution < 1.29 is 14.6 Å². The Kier molecular flexibility index (Phi) is 3.84. The molecule has 2 rings (SSSR count). The van der Waals surface area contributed by atoms with E-state index in [1.807, 2.05) is 6.92 Å². The van der Waals surface area contributed by atoms with Crippen molar-refractivity contribution in [2.24, 2.45) is 0 Å². The van der Waals surface area contributed by atoms with Gasteiger partial charge in [0, 0.05) is 22.7 Å². The quantitative estimate of drug-likeness (QED) is 0.934. The van der Waals surface area contributed by atoms with Gasteiger partial charge in [0.05, 0.1) is 11.2 Å². The van der Waals surface area contributed by atoms with Crippen molar-refractivity contribution in [3.05, 3.63) is 44.9 Å². The molecule has 0 spiro atoms. The SMILES string of the molecule is Cc1sc(C(=O)O)cc1COc1cncc(Cl)c1. The molecule has 0 radical (unpaired) electrons. The first-order valence-corrected chi connectivity index (χ1v) is 6.31. The zero-order valence-electron chi connectivity index (χ0n) is 9.51. The normalized spacial score (nSPS) is 10.3. The highest BCUT2D eigenvalue weighted by atomic mass is 35.5. The van der Waals surface area contributed by atoms with Gasteiger partial charge in [0.15, 0.2) is 0 Å². The largest absolute Gasteiger partial charge is 0.487 e. The number of pyridine rings is 1. The van der Waals surface area contributed by atoms with Gasteiger partial charge in [-0.3, -0.25) is 4.98 Å². The number of nitrogens with zero attached hydrogens (tertiary/aromatic N) is 1. The number of carbonyl (C=O) groups is 1. The van der Waals surface area contributed by atoms with Crippen LogP contribution in [-0.4, -0.2) is 16.1 Å². The summed E-state index contributed by atoms with van der Waals surface area (Å²) < 4.78 is 5.51. The third-order valence-corrected chi connectivity index (χ3v) is 3.59. The van der Waals surface area contributed by atoms with Crippen LogP contribution >= 0.6 is 22.9 Å². The van der Waals surface area contributed by atoms with Gasteiger partial charge >= 0.3 is 5.97 Å². The lowest BCUT2D eigenvalue weighted by molar-refractivity contribution is 0.0702. The van der Waals surface area contributed by atoms with E-state index in [0.717, 1.165) is 10.4 Å². The van der Waals surface area contributed by atoms with Crippen LogP contribution in [0.4, 0.5) is 0 Å². The van der Waals surface area contributed by atoms with Crippen LogP contribution in [0.15, 0.2) is 24.5 Å². The number of ether oxygens (including phenoxy) is 1. The van der Waals surface area contributed by atoms with Gasteiger partial charge in [0.2, 0.25) is 0 Å². The van der Waals surface area contributed by atoms with Crippen LogP contribution in [0.25, 0.3) is 0 Å². The number of aromatic carboxylic acids is 1. The fourth-order valence-electron chi connectivity index (χ4n) is 1.40. The Labute approximate surface area is 113 Å². The van der Waals surface area contributed by atoms with E-state index in [9.17, 15) is 4.79 Å². The average molecular weight is 284 g/mol. The zero-order chi connectivity index (χ0) is 13.1. The maximum absolute atomic E-state index is 10.8. The lowest BCUT2D eigenvalue weighted by atomic mass is 10.2. The number of carboxylic acid groups (broad SMARTS) is 1. The second-order valence-corrected chi connectivity index (χ2v) is 5.32. The molecule has 18 heavy (non-hydrogen) atoms. The van der Waals surface area contributed by atoms with E-state index in [2.05, 4.69) is 4.98 Å². The lowest BCUT2D eigenvalue weighted by Gasteiger charge is -2.05. The van der Waals surface area contributed by atoms with Crippen molar-refractivity contribution in [1.82, 2.24) is 4.98 Å². The predicted molar refractivity (Wildman–Crippen MR) is 69.6 cm³/mol. The first-order valence-electron chi connectivity index (χ1n) is 5.12. The summed E-state index contributed by atoms with van der Waals surface area (Å²) in [6.45, 7) is 2.17. The molecule has 6 heteroatoms. The Hall–Kier alpha value is -1.59. The summed E-state index contributed by atoms with van der Waals surface area (Å²) in [6.07, 6.45) is 3.08. The number of rotatable bonds is 4. The minimum Gasteiger partial charge on any atom is -0.487 e. The monoisotopic (exact) mass is 283 g/mol. The van der Waals surface area contributed by atoms with Gasteiger partial charge in [-0.05, 0) is 13.0 Å². The predicted octanol–water partition coefficient (Wildman–Crippen LogP) is 3.38. The number of hydrogen-bond donors (Lipinski definition) is 1. The van der Waals surface area contributed by atoms with Gasteiger partial charge in [0.1, 0.15) is 17.2 Å². The summed E-state index contributed by atoms with van der Waals surface area (Å²) in [4.78, 5) is 16.0. The number of aryl methyl sites for hydroxylation is 1.